The molecule has 8 rings (SSSR count). The number of fused-ring (bicyclic) bond motifs is 4. The van der Waals surface area contributed by atoms with Crippen LogP contribution < -0.4 is 39.4 Å². The number of methoxy groups -OCH3 is 1. The van der Waals surface area contributed by atoms with E-state index in [4.69, 9.17) is 33.5 Å². The molecule has 0 spiro atoms. The number of aromatic nitrogens is 4. The van der Waals surface area contributed by atoms with Crippen molar-refractivity contribution in [3.63, 3.8) is 0 Å². The van der Waals surface area contributed by atoms with E-state index in [1.165, 1.54) is 13.2 Å². The summed E-state index contributed by atoms with van der Waals surface area (Å²) < 4.78 is 16.9. The number of nitrogens with zero attached hydrogens (tertiary/aromatic N) is 6. The normalized spacial score (nSPS) is 11.0. The number of benzene rings is 4. The third-order valence-corrected chi connectivity index (χ3v) is 9.49. The molecule has 4 aromatic heterocycles. The molecule has 0 saturated carbocycles. The van der Waals surface area contributed by atoms with Crippen molar-refractivity contribution in [3.05, 3.63) is 108 Å². The minimum atomic E-state index is -0.987. The molecule has 4 heterocycles. The van der Waals surface area contributed by atoms with E-state index in [0.717, 1.165) is 21.9 Å². The van der Waals surface area contributed by atoms with Crippen molar-refractivity contribution in [2.45, 2.75) is 39.8 Å². The smallest absolute Gasteiger partial charge is 0.870 e. The van der Waals surface area contributed by atoms with Gasteiger partial charge in [0.05, 0.1) is 40.3 Å². The van der Waals surface area contributed by atoms with Gasteiger partial charge in [0.2, 0.25) is 0 Å². The van der Waals surface area contributed by atoms with Gasteiger partial charge in [-0.2, -0.15) is 0 Å². The van der Waals surface area contributed by atoms with Crippen LogP contribution in [0, 0.1) is 0 Å². The quantitative estimate of drug-likeness (QED) is 0.139. The number of carbonyl (C=O) groups is 2. The van der Waals surface area contributed by atoms with E-state index in [-0.39, 0.29) is 52.7 Å². The van der Waals surface area contributed by atoms with Gasteiger partial charge in [-0.1, -0.05) is 36.4 Å². The van der Waals surface area contributed by atoms with E-state index in [9.17, 15) is 14.7 Å². The largest absolute Gasteiger partial charge is 1.00 e. The van der Waals surface area contributed by atoms with Gasteiger partial charge in [-0.05, 0) is 88.4 Å². The number of esters is 1. The Kier molecular flexibility index (Phi) is 13.0. The van der Waals surface area contributed by atoms with Crippen LogP contribution in [0.1, 0.15) is 48.4 Å². The van der Waals surface area contributed by atoms with Gasteiger partial charge in [-0.25, -0.2) is 29.5 Å². The van der Waals surface area contributed by atoms with Crippen molar-refractivity contribution in [1.82, 2.24) is 19.9 Å². The molecule has 0 radical (unpaired) electrons. The van der Waals surface area contributed by atoms with Crippen molar-refractivity contribution in [3.8, 4) is 22.9 Å². The summed E-state index contributed by atoms with van der Waals surface area (Å²) in [7, 11) is 5.27. The molecule has 0 fully saturated rings. The zero-order valence-electron chi connectivity index (χ0n) is 33.0. The number of anilines is 2. The number of rotatable bonds is 8. The topological polar surface area (TPSA) is 178 Å². The van der Waals surface area contributed by atoms with Gasteiger partial charge in [-0.3, -0.25) is 0 Å². The van der Waals surface area contributed by atoms with Crippen molar-refractivity contribution in [1.29, 1.82) is 0 Å². The molecule has 0 bridgehead atoms. The molecule has 14 heteroatoms. The van der Waals surface area contributed by atoms with Gasteiger partial charge in [0.1, 0.15) is 22.6 Å². The molecule has 0 aliphatic carbocycles. The maximum absolute atomic E-state index is 11.9. The summed E-state index contributed by atoms with van der Waals surface area (Å²) in [5, 5.41) is 11.3. The van der Waals surface area contributed by atoms with Crippen LogP contribution in [0.4, 0.5) is 11.6 Å². The molecule has 286 valence electrons. The predicted octanol–water partition coefficient (Wildman–Crippen LogP) is 6.09. The number of aromatic carboxylic acids is 1. The summed E-state index contributed by atoms with van der Waals surface area (Å²) in [6.45, 7) is 8.28. The van der Waals surface area contributed by atoms with Crippen LogP contribution in [-0.2, 0) is 4.74 Å². The van der Waals surface area contributed by atoms with Gasteiger partial charge in [0.15, 0.2) is 23.2 Å². The van der Waals surface area contributed by atoms with Crippen LogP contribution in [0.3, 0.4) is 0 Å². The van der Waals surface area contributed by atoms with E-state index in [2.05, 4.69) is 27.7 Å². The number of furan rings is 2. The Balaban J connectivity index is 0.000000210. The Bertz CT molecular complexity index is 2660. The average molecular weight is 777 g/mol. The summed E-state index contributed by atoms with van der Waals surface area (Å²) in [6, 6.07) is 29.9. The zero-order chi connectivity index (χ0) is 39.0. The van der Waals surface area contributed by atoms with Gasteiger partial charge in [-0.15, -0.1) is 0 Å². The maximum atomic E-state index is 11.9. The molecular formula is C43H41N6NaO7. The Labute approximate surface area is 350 Å². The first kappa shape index (κ1) is 42.3. The second-order valence-corrected chi connectivity index (χ2v) is 13.7. The minimum absolute atomic E-state index is 0. The van der Waals surface area contributed by atoms with Crippen molar-refractivity contribution < 1.29 is 63.3 Å². The summed E-state index contributed by atoms with van der Waals surface area (Å²) >= 11 is 0. The van der Waals surface area contributed by atoms with E-state index in [1.54, 1.807) is 30.3 Å². The van der Waals surface area contributed by atoms with Crippen molar-refractivity contribution in [2.24, 2.45) is 0 Å². The first-order chi connectivity index (χ1) is 26.4. The third kappa shape index (κ3) is 8.61. The summed E-state index contributed by atoms with van der Waals surface area (Å²) in [6.07, 6.45) is 0. The van der Waals surface area contributed by atoms with Gasteiger partial charge in [0.25, 0.3) is 0 Å². The number of carboxylic acid groups (broad SMARTS) is 1. The molecule has 2 N–H and O–H groups in total. The Morgan fingerprint density at radius 3 is 1.44 bits per heavy atom. The second-order valence-electron chi connectivity index (χ2n) is 13.7. The monoisotopic (exact) mass is 776 g/mol. The van der Waals surface area contributed by atoms with E-state index in [1.807, 2.05) is 84.6 Å². The fraction of sp³-hybridized carbons (Fsp3) is 0.209. The van der Waals surface area contributed by atoms with Crippen molar-refractivity contribution >= 4 is 67.6 Å². The molecule has 0 atom stereocenters. The number of carboxylic acids is 1. The minimum Gasteiger partial charge on any atom is -0.870 e. The molecule has 0 aliphatic rings. The van der Waals surface area contributed by atoms with Gasteiger partial charge in [0, 0.05) is 37.0 Å². The first-order valence-corrected chi connectivity index (χ1v) is 17.8. The van der Waals surface area contributed by atoms with E-state index in [0.29, 0.717) is 62.2 Å². The number of hydrogen-bond donors (Lipinski definition) is 1. The summed E-state index contributed by atoms with van der Waals surface area (Å²) in [5.41, 5.74) is 6.00. The molecule has 0 unspecified atom stereocenters. The molecule has 57 heavy (non-hydrogen) atoms. The zero-order valence-corrected chi connectivity index (χ0v) is 35.0. The van der Waals surface area contributed by atoms with Crippen LogP contribution in [0.5, 0.6) is 0 Å². The summed E-state index contributed by atoms with van der Waals surface area (Å²) in [5.74, 6) is 1.26. The van der Waals surface area contributed by atoms with E-state index < -0.39 is 11.9 Å². The maximum Gasteiger partial charge on any atom is 1.00 e. The number of carbonyl (C=O) groups excluding carboxylic acids is 1. The Morgan fingerprint density at radius 2 is 1.04 bits per heavy atom. The molecule has 8 aromatic rings. The second kappa shape index (κ2) is 17.5. The molecule has 0 saturated heterocycles. The first-order valence-electron chi connectivity index (χ1n) is 17.8. The van der Waals surface area contributed by atoms with Crippen LogP contribution in [0.25, 0.3) is 66.9 Å². The standard InChI is InChI=1S/C22H21N3O3.C21H19N3O3.Na.H2O/c1-13(2)25(3)21-20(19-12-14-7-5-6-8-18(14)28-19)23-16-10-9-15(22(26)27-4)11-17(16)24-21;1-12(2)24(3)20-19(18-11-13-6-4-5-7-17(13)27-18)22-15-9-8-14(21(25)26)10-16(15)23-20;;/h5-13H,1-4H3;4-12H,1-3H3,(H,25,26);;1H2/q;;+1;/p-1. The molecular weight excluding hydrogens is 735 g/mol. The fourth-order valence-electron chi connectivity index (χ4n) is 5.98. The Morgan fingerprint density at radius 1 is 0.614 bits per heavy atom. The number of hydrogen-bond acceptors (Lipinski definition) is 12. The van der Waals surface area contributed by atoms with Crippen LogP contribution in [0.2, 0.25) is 0 Å². The van der Waals surface area contributed by atoms with Gasteiger partial charge < -0.3 is 34.0 Å². The molecule has 4 aromatic carbocycles. The van der Waals surface area contributed by atoms with Gasteiger partial charge >= 0.3 is 41.5 Å². The van der Waals surface area contributed by atoms with Crippen molar-refractivity contribution in [2.75, 3.05) is 31.0 Å². The number of ether oxygens (including phenoxy) is 1. The molecule has 13 nitrogen and oxygen atoms in total. The summed E-state index contributed by atoms with van der Waals surface area (Å²) in [4.78, 5) is 46.3. The van der Waals surface area contributed by atoms with Crippen LogP contribution in [-0.4, -0.2) is 75.7 Å². The Hall–Kier alpha value is -5.86. The third-order valence-electron chi connectivity index (χ3n) is 9.49. The van der Waals surface area contributed by atoms with Crippen LogP contribution in [0.15, 0.2) is 106 Å². The average Bonchev–Trinajstić information content (AvgIpc) is 3.83. The van der Waals surface area contributed by atoms with Crippen LogP contribution >= 0.6 is 0 Å². The fourth-order valence-corrected chi connectivity index (χ4v) is 5.98. The number of para-hydroxylation sites is 2. The van der Waals surface area contributed by atoms with E-state index >= 15 is 0 Å². The molecule has 0 amide bonds. The SMILES string of the molecule is CC(C)N(C)c1nc2cc(C(=O)O)ccc2nc1-c1cc2ccccc2o1.COC(=O)c1ccc2nc(-c3cc4ccccc4o3)c(N(C)C(C)C)nc2c1.[Na+].[OH-]. The predicted molar refractivity (Wildman–Crippen MR) is 217 cm³/mol. The molecule has 0 aliphatic heterocycles.